The molecule has 0 aromatic rings. The van der Waals surface area contributed by atoms with E-state index < -0.39 is 10.4 Å². The largest absolute Gasteiger partial charge is 2.00 e. The normalized spacial score (nSPS) is 7.25. The van der Waals surface area contributed by atoms with Gasteiger partial charge in [0.2, 0.25) is 0 Å². The van der Waals surface area contributed by atoms with E-state index in [1.807, 2.05) is 0 Å². The molecule has 0 fully saturated rings. The molecule has 0 spiro atoms. The molecule has 4 N–H and O–H groups in total. The Labute approximate surface area is 83.4 Å². The van der Waals surface area contributed by atoms with Crippen LogP contribution in [-0.2, 0) is 10.4 Å². The Bertz CT molecular complexity index is 99.2. The second-order valence-corrected chi connectivity index (χ2v) is 1.22. The molecule has 48 valence electrons. The summed E-state index contributed by atoms with van der Waals surface area (Å²) in [5, 5.41) is 0. The Balaban J connectivity index is -0.0000000267. The van der Waals surface area contributed by atoms with Crippen molar-refractivity contribution in [1.29, 1.82) is 0 Å². The van der Waals surface area contributed by atoms with Crippen LogP contribution in [0, 0.1) is 0 Å². The minimum Gasteiger partial charge on any atom is -1.00 e. The van der Waals surface area contributed by atoms with Crippen LogP contribution in [-0.4, -0.2) is 55.3 Å². The first-order chi connectivity index (χ1) is 2.00. The van der Waals surface area contributed by atoms with Gasteiger partial charge in [-0.05, 0) is 0 Å². The van der Waals surface area contributed by atoms with Crippen LogP contribution < -0.4 is 18.6 Å². The van der Waals surface area contributed by atoms with Gasteiger partial charge in [0, 0.05) is 10.4 Å². The first-order valence-corrected chi connectivity index (χ1v) is 2.00. The quantitative estimate of drug-likeness (QED) is 0.236. The van der Waals surface area contributed by atoms with Gasteiger partial charge in [-0.25, -0.2) is 0 Å². The fourth-order valence-electron chi connectivity index (χ4n) is 0. The molecule has 5 nitrogen and oxygen atoms in total. The van der Waals surface area contributed by atoms with E-state index in [9.17, 15) is 0 Å². The minimum absolute atomic E-state index is 0. The molecule has 0 aliphatic carbocycles. The zero-order valence-corrected chi connectivity index (χ0v) is 7.91. The summed E-state index contributed by atoms with van der Waals surface area (Å²) in [6.45, 7) is 0. The van der Waals surface area contributed by atoms with Crippen LogP contribution in [0.1, 0.15) is 0 Å². The van der Waals surface area contributed by atoms with Crippen LogP contribution in [0.15, 0.2) is 0 Å². The average molecular weight is 190 g/mol. The molecule has 8 heavy (non-hydrogen) atoms. The number of hydrogen-bond acceptors (Lipinski definition) is 4. The monoisotopic (exact) mass is 189 g/mol. The van der Waals surface area contributed by atoms with E-state index in [-0.39, 0.29) is 56.3 Å². The second-order valence-electron chi connectivity index (χ2n) is 0.408. The van der Waals surface area contributed by atoms with Crippen molar-refractivity contribution < 1.29 is 29.9 Å². The maximum atomic E-state index is 8.52. The van der Waals surface area contributed by atoms with Gasteiger partial charge in [-0.1, -0.05) is 0 Å². The average Bonchev–Trinajstić information content (AvgIpc) is 0.722. The van der Waals surface area contributed by atoms with Crippen LogP contribution in [0.3, 0.4) is 0 Å². The van der Waals surface area contributed by atoms with Gasteiger partial charge in [-0.15, -0.1) is 0 Å². The van der Waals surface area contributed by atoms with E-state index in [0.29, 0.717) is 0 Å². The standard InChI is InChI=1S/Ca.ClH.H3N.H2O4S/c;;;1-5(2,3)4/h;1H;1H3;(H2,1,2,3,4)/q+2;;;/p-2. The van der Waals surface area contributed by atoms with Gasteiger partial charge in [-0.3, -0.25) is 8.42 Å². The van der Waals surface area contributed by atoms with Gasteiger partial charge in [0.15, 0.2) is 0 Å². The summed E-state index contributed by atoms with van der Waals surface area (Å²) in [5.74, 6) is 0. The molecule has 0 aliphatic rings. The summed E-state index contributed by atoms with van der Waals surface area (Å²) in [6, 6.07) is 0. The Morgan fingerprint density at radius 1 is 1.12 bits per heavy atom. The van der Waals surface area contributed by atoms with E-state index in [2.05, 4.69) is 0 Å². The van der Waals surface area contributed by atoms with E-state index in [4.69, 9.17) is 17.5 Å². The summed E-state index contributed by atoms with van der Waals surface area (Å²) in [5.41, 5.74) is 0. The van der Waals surface area contributed by atoms with Crippen molar-refractivity contribution >= 4 is 48.1 Å². The maximum absolute atomic E-state index is 8.52. The van der Waals surface area contributed by atoms with Crippen LogP contribution in [0.2, 0.25) is 0 Å². The molecule has 0 unspecified atom stereocenters. The molecule has 0 radical (unpaired) electrons. The van der Waals surface area contributed by atoms with Crippen molar-refractivity contribution in [3.05, 3.63) is 0 Å². The van der Waals surface area contributed by atoms with Crippen LogP contribution in [0.25, 0.3) is 0 Å². The first kappa shape index (κ1) is 22.8. The summed E-state index contributed by atoms with van der Waals surface area (Å²) in [7, 11) is -5.17. The van der Waals surface area contributed by atoms with Crippen molar-refractivity contribution in [3.63, 3.8) is 0 Å². The zero-order chi connectivity index (χ0) is 4.50. The fourth-order valence-corrected chi connectivity index (χ4v) is 0. The molecule has 0 atom stereocenters. The Morgan fingerprint density at radius 2 is 1.12 bits per heavy atom. The second kappa shape index (κ2) is 8.38. The summed E-state index contributed by atoms with van der Waals surface area (Å²) in [6.07, 6.45) is 0. The molecule has 0 bridgehead atoms. The molecule has 0 aromatic carbocycles. The third-order valence-electron chi connectivity index (χ3n) is 0. The summed E-state index contributed by atoms with van der Waals surface area (Å²) < 4.78 is 34.1. The molecular formula is H4CaClNO4S. The molecule has 0 aliphatic heterocycles. The third kappa shape index (κ3) is 158. The predicted molar refractivity (Wildman–Crippen MR) is 22.2 cm³/mol. The number of hydrogen-bond donors (Lipinski definition) is 1. The van der Waals surface area contributed by atoms with Gasteiger partial charge in [-0.2, -0.15) is 0 Å². The van der Waals surface area contributed by atoms with Crippen molar-refractivity contribution in [2.24, 2.45) is 0 Å². The molecular weight excluding hydrogens is 186 g/mol. The SMILES string of the molecule is O=S(=O)([O-])[O-].[Ca+2].[Cl-].[NH4+]. The van der Waals surface area contributed by atoms with Crippen molar-refractivity contribution in [2.75, 3.05) is 0 Å². The minimum atomic E-state index is -5.17. The first-order valence-electron chi connectivity index (χ1n) is 0.667. The molecule has 0 saturated carbocycles. The molecule has 8 heteroatoms. The topological polar surface area (TPSA) is 117 Å². The summed E-state index contributed by atoms with van der Waals surface area (Å²) in [4.78, 5) is 0. The fraction of sp³-hybridized carbons (Fsp3) is 0. The van der Waals surface area contributed by atoms with Crippen LogP contribution in [0.4, 0.5) is 0 Å². The van der Waals surface area contributed by atoms with Gasteiger partial charge in [0.25, 0.3) is 0 Å². The molecule has 0 rings (SSSR count). The van der Waals surface area contributed by atoms with E-state index in [1.165, 1.54) is 0 Å². The van der Waals surface area contributed by atoms with E-state index in [0.717, 1.165) is 0 Å². The predicted octanol–water partition coefficient (Wildman–Crippen LogP) is -4.34. The van der Waals surface area contributed by atoms with Crippen LogP contribution in [0.5, 0.6) is 0 Å². The van der Waals surface area contributed by atoms with Crippen molar-refractivity contribution in [2.45, 2.75) is 0 Å². The molecule has 0 amide bonds. The Hall–Kier alpha value is 1.38. The van der Waals surface area contributed by atoms with Crippen LogP contribution >= 0.6 is 0 Å². The maximum Gasteiger partial charge on any atom is 2.00 e. The van der Waals surface area contributed by atoms with Gasteiger partial charge in [0.05, 0.1) is 0 Å². The van der Waals surface area contributed by atoms with Crippen molar-refractivity contribution in [1.82, 2.24) is 6.15 Å². The molecule has 0 heterocycles. The van der Waals surface area contributed by atoms with Crippen molar-refractivity contribution in [3.8, 4) is 0 Å². The third-order valence-corrected chi connectivity index (χ3v) is 0. The smallest absolute Gasteiger partial charge is 1.00 e. The molecule has 0 aromatic heterocycles. The van der Waals surface area contributed by atoms with Gasteiger partial charge < -0.3 is 27.7 Å². The van der Waals surface area contributed by atoms with E-state index >= 15 is 0 Å². The number of quaternary nitrogens is 1. The van der Waals surface area contributed by atoms with Gasteiger partial charge in [0.1, 0.15) is 0 Å². The Morgan fingerprint density at radius 3 is 1.12 bits per heavy atom. The number of halogens is 1. The summed E-state index contributed by atoms with van der Waals surface area (Å²) >= 11 is 0. The zero-order valence-electron chi connectivity index (χ0n) is 4.13. The van der Waals surface area contributed by atoms with Gasteiger partial charge >= 0.3 is 37.7 Å². The van der Waals surface area contributed by atoms with E-state index in [1.54, 1.807) is 0 Å². The Kier molecular flexibility index (Phi) is 23.8. The molecule has 0 saturated heterocycles. The number of rotatable bonds is 0.